The maximum Gasteiger partial charge on any atom is 0.328 e. The molecule has 1 aromatic rings. The van der Waals surface area contributed by atoms with E-state index in [-0.39, 0.29) is 0 Å². The maximum atomic E-state index is 12.0. The Labute approximate surface area is 129 Å². The van der Waals surface area contributed by atoms with Crippen molar-refractivity contribution in [2.45, 2.75) is 37.8 Å². The van der Waals surface area contributed by atoms with Gasteiger partial charge in [-0.15, -0.1) is 0 Å². The van der Waals surface area contributed by atoms with E-state index in [9.17, 15) is 14.7 Å². The fourth-order valence-electron chi connectivity index (χ4n) is 1.98. The first kappa shape index (κ1) is 17.7. The second kappa shape index (κ2) is 9.53. The van der Waals surface area contributed by atoms with Crippen LogP contribution in [0.2, 0.25) is 0 Å². The van der Waals surface area contributed by atoms with Crippen LogP contribution in [0.4, 0.5) is 0 Å². The quantitative estimate of drug-likeness (QED) is 0.559. The monoisotopic (exact) mass is 304 g/mol. The summed E-state index contributed by atoms with van der Waals surface area (Å²) in [6.07, 6.45) is 0.666. The highest BCUT2D eigenvalue weighted by Crippen LogP contribution is 2.13. The topological polar surface area (TPSA) is 99.4 Å². The van der Waals surface area contributed by atoms with Gasteiger partial charge in [0.05, 0.1) is 13.2 Å². The summed E-state index contributed by atoms with van der Waals surface area (Å²) in [6.45, 7) is 0. The predicted octanol–water partition coefficient (Wildman–Crippen LogP) is 1.46. The molecule has 0 unspecified atom stereocenters. The first-order chi connectivity index (χ1) is 10.6. The average molecular weight is 304 g/mol. The lowest BCUT2D eigenvalue weighted by molar-refractivity contribution is -0.146. The van der Waals surface area contributed by atoms with Crippen LogP contribution in [0.3, 0.4) is 0 Å². The van der Waals surface area contributed by atoms with Gasteiger partial charge in [-0.05, 0) is 24.8 Å². The molecule has 1 rings (SSSR count). The van der Waals surface area contributed by atoms with Crippen LogP contribution in [0.25, 0.3) is 0 Å². The van der Waals surface area contributed by atoms with Gasteiger partial charge in [-0.25, -0.2) is 4.79 Å². The van der Waals surface area contributed by atoms with Crippen LogP contribution in [0.15, 0.2) is 30.3 Å². The maximum absolute atomic E-state index is 12.0. The molecule has 1 aromatic carbocycles. The standard InChI is InChI=1S/C16H20N2O4/c1-22-16(21)13(10-6-3-7-11-17)18-15(20)14(19)12-8-4-2-5-9-12/h2,4-5,8-9,13-14,19H,3,6-7,10H2,1H3,(H,18,20)/t13-,14-/m0/s1. The molecule has 0 radical (unpaired) electrons. The van der Waals surface area contributed by atoms with Gasteiger partial charge in [-0.2, -0.15) is 5.26 Å². The Bertz CT molecular complexity index is 525. The van der Waals surface area contributed by atoms with Crippen molar-refractivity contribution in [2.24, 2.45) is 0 Å². The van der Waals surface area contributed by atoms with Gasteiger partial charge in [-0.1, -0.05) is 30.3 Å². The summed E-state index contributed by atoms with van der Waals surface area (Å²) in [6, 6.07) is 9.66. The normalized spacial score (nSPS) is 12.8. The number of carbonyl (C=O) groups excluding carboxylic acids is 2. The molecule has 0 aliphatic heterocycles. The fraction of sp³-hybridized carbons (Fsp3) is 0.438. The number of unbranched alkanes of at least 4 members (excludes halogenated alkanes) is 2. The van der Waals surface area contributed by atoms with Crippen molar-refractivity contribution in [1.82, 2.24) is 5.32 Å². The van der Waals surface area contributed by atoms with E-state index in [1.165, 1.54) is 7.11 Å². The molecule has 22 heavy (non-hydrogen) atoms. The third-order valence-corrected chi connectivity index (χ3v) is 3.20. The number of methoxy groups -OCH3 is 1. The highest BCUT2D eigenvalue weighted by atomic mass is 16.5. The number of hydrogen-bond acceptors (Lipinski definition) is 5. The number of rotatable bonds is 8. The van der Waals surface area contributed by atoms with Crippen LogP contribution >= 0.6 is 0 Å². The van der Waals surface area contributed by atoms with Gasteiger partial charge in [0.1, 0.15) is 6.04 Å². The van der Waals surface area contributed by atoms with Crippen LogP contribution in [-0.4, -0.2) is 30.1 Å². The zero-order valence-corrected chi connectivity index (χ0v) is 12.5. The van der Waals surface area contributed by atoms with Crippen molar-refractivity contribution in [3.8, 4) is 6.07 Å². The molecule has 6 heteroatoms. The molecule has 0 heterocycles. The molecule has 0 saturated heterocycles. The van der Waals surface area contributed by atoms with Gasteiger partial charge in [0.25, 0.3) is 5.91 Å². The number of aliphatic hydroxyl groups is 1. The van der Waals surface area contributed by atoms with Crippen molar-refractivity contribution in [2.75, 3.05) is 7.11 Å². The van der Waals surface area contributed by atoms with Crippen LogP contribution in [0.1, 0.15) is 37.4 Å². The number of hydrogen-bond donors (Lipinski definition) is 2. The molecule has 0 spiro atoms. The minimum absolute atomic E-state index is 0.363. The van der Waals surface area contributed by atoms with E-state index in [4.69, 9.17) is 5.26 Å². The van der Waals surface area contributed by atoms with Gasteiger partial charge in [0, 0.05) is 6.42 Å². The number of esters is 1. The Morgan fingerprint density at radius 3 is 2.59 bits per heavy atom. The average Bonchev–Trinajstić information content (AvgIpc) is 2.56. The number of nitriles is 1. The molecule has 0 aliphatic carbocycles. The van der Waals surface area contributed by atoms with Gasteiger partial charge in [-0.3, -0.25) is 4.79 Å². The number of ether oxygens (including phenoxy) is 1. The molecule has 0 saturated carbocycles. The minimum Gasteiger partial charge on any atom is -0.467 e. The Hall–Kier alpha value is -2.39. The lowest BCUT2D eigenvalue weighted by Gasteiger charge is -2.18. The molecule has 0 aromatic heterocycles. The molecule has 0 aliphatic rings. The Balaban J connectivity index is 2.62. The van der Waals surface area contributed by atoms with Gasteiger partial charge in [0.2, 0.25) is 0 Å². The number of benzene rings is 1. The summed E-state index contributed by atoms with van der Waals surface area (Å²) in [5.74, 6) is -1.22. The van der Waals surface area contributed by atoms with E-state index in [2.05, 4.69) is 10.1 Å². The Kier molecular flexibility index (Phi) is 7.65. The molecule has 1 amide bonds. The summed E-state index contributed by atoms with van der Waals surface area (Å²) in [5, 5.41) is 21.0. The second-order valence-electron chi connectivity index (χ2n) is 4.80. The van der Waals surface area contributed by atoms with Crippen LogP contribution in [0, 0.1) is 11.3 Å². The number of aliphatic hydroxyl groups excluding tert-OH is 1. The predicted molar refractivity (Wildman–Crippen MR) is 79.4 cm³/mol. The zero-order valence-electron chi connectivity index (χ0n) is 12.5. The molecule has 6 nitrogen and oxygen atoms in total. The largest absolute Gasteiger partial charge is 0.467 e. The third kappa shape index (κ3) is 5.54. The van der Waals surface area contributed by atoms with E-state index >= 15 is 0 Å². The summed E-state index contributed by atoms with van der Waals surface area (Å²) < 4.78 is 4.66. The number of carbonyl (C=O) groups is 2. The van der Waals surface area contributed by atoms with E-state index in [0.717, 1.165) is 0 Å². The minimum atomic E-state index is -1.34. The second-order valence-corrected chi connectivity index (χ2v) is 4.80. The molecule has 0 fully saturated rings. The van der Waals surface area contributed by atoms with Gasteiger partial charge < -0.3 is 15.2 Å². The zero-order chi connectivity index (χ0) is 16.4. The van der Waals surface area contributed by atoms with Gasteiger partial charge in [0.15, 0.2) is 6.10 Å². The first-order valence-corrected chi connectivity index (χ1v) is 7.08. The van der Waals surface area contributed by atoms with Crippen molar-refractivity contribution >= 4 is 11.9 Å². The van der Waals surface area contributed by atoms with E-state index in [0.29, 0.717) is 31.2 Å². The summed E-state index contributed by atoms with van der Waals surface area (Å²) >= 11 is 0. The molecule has 2 N–H and O–H groups in total. The summed E-state index contributed by atoms with van der Waals surface area (Å²) in [5.41, 5.74) is 0.452. The fourth-order valence-corrected chi connectivity index (χ4v) is 1.98. The van der Waals surface area contributed by atoms with Crippen molar-refractivity contribution in [1.29, 1.82) is 5.26 Å². The molecule has 2 atom stereocenters. The van der Waals surface area contributed by atoms with Crippen molar-refractivity contribution < 1.29 is 19.4 Å². The summed E-state index contributed by atoms with van der Waals surface area (Å²) in [4.78, 5) is 23.7. The van der Waals surface area contributed by atoms with Crippen molar-refractivity contribution in [3.63, 3.8) is 0 Å². The Morgan fingerprint density at radius 1 is 1.32 bits per heavy atom. The smallest absolute Gasteiger partial charge is 0.328 e. The number of amides is 1. The number of nitrogens with one attached hydrogen (secondary N) is 1. The van der Waals surface area contributed by atoms with Crippen molar-refractivity contribution in [3.05, 3.63) is 35.9 Å². The SMILES string of the molecule is COC(=O)[C@H](CCCCC#N)NC(=O)[C@@H](O)c1ccccc1. The highest BCUT2D eigenvalue weighted by molar-refractivity contribution is 5.87. The third-order valence-electron chi connectivity index (χ3n) is 3.20. The van der Waals surface area contributed by atoms with Crippen LogP contribution in [0.5, 0.6) is 0 Å². The lowest BCUT2D eigenvalue weighted by Crippen LogP contribution is -2.43. The van der Waals surface area contributed by atoms with E-state index < -0.39 is 24.0 Å². The van der Waals surface area contributed by atoms with Gasteiger partial charge >= 0.3 is 5.97 Å². The number of nitrogens with zero attached hydrogens (tertiary/aromatic N) is 1. The summed E-state index contributed by atoms with van der Waals surface area (Å²) in [7, 11) is 1.24. The molecule has 0 bridgehead atoms. The molecule has 118 valence electrons. The molecular formula is C16H20N2O4. The Morgan fingerprint density at radius 2 is 2.00 bits per heavy atom. The molecular weight excluding hydrogens is 284 g/mol. The first-order valence-electron chi connectivity index (χ1n) is 7.08. The van der Waals surface area contributed by atoms with Crippen LogP contribution in [-0.2, 0) is 14.3 Å². The van der Waals surface area contributed by atoms with E-state index in [1.807, 2.05) is 6.07 Å². The highest BCUT2D eigenvalue weighted by Gasteiger charge is 2.25. The van der Waals surface area contributed by atoms with E-state index in [1.54, 1.807) is 30.3 Å². The van der Waals surface area contributed by atoms with Crippen LogP contribution < -0.4 is 5.32 Å². The lowest BCUT2D eigenvalue weighted by atomic mass is 10.1.